The summed E-state index contributed by atoms with van der Waals surface area (Å²) in [5.41, 5.74) is 2.89. The molecule has 0 fully saturated rings. The summed E-state index contributed by atoms with van der Waals surface area (Å²) in [4.78, 5) is 11.9. The Kier molecular flexibility index (Phi) is 5.91. The predicted octanol–water partition coefficient (Wildman–Crippen LogP) is 3.25. The zero-order valence-corrected chi connectivity index (χ0v) is 15.6. The molecule has 0 aliphatic rings. The molecule has 27 heavy (non-hydrogen) atoms. The molecule has 2 heterocycles. The van der Waals surface area contributed by atoms with Crippen LogP contribution in [0.5, 0.6) is 0 Å². The van der Waals surface area contributed by atoms with Crippen molar-refractivity contribution < 1.29 is 23.1 Å². The average molecular weight is 366 g/mol. The third-order valence-corrected chi connectivity index (χ3v) is 4.55. The maximum absolute atomic E-state index is 14.4. The lowest BCUT2D eigenvalue weighted by molar-refractivity contribution is -0.723. The SMILES string of the molecule is COC(=O)c1cccc[n+]1CCC[n+]1ccccc1-c1c(C)cccc1F. The van der Waals surface area contributed by atoms with Crippen molar-refractivity contribution in [1.82, 2.24) is 0 Å². The van der Waals surface area contributed by atoms with Gasteiger partial charge in [-0.15, -0.1) is 0 Å². The first kappa shape index (κ1) is 18.7. The highest BCUT2D eigenvalue weighted by Gasteiger charge is 2.21. The van der Waals surface area contributed by atoms with Crippen LogP contribution in [-0.2, 0) is 17.8 Å². The molecule has 0 spiro atoms. The second-order valence-electron chi connectivity index (χ2n) is 6.34. The van der Waals surface area contributed by atoms with E-state index in [0.717, 1.165) is 17.7 Å². The van der Waals surface area contributed by atoms with E-state index < -0.39 is 0 Å². The molecule has 0 N–H and O–H groups in total. The normalized spacial score (nSPS) is 10.6. The largest absolute Gasteiger partial charge is 0.461 e. The minimum absolute atomic E-state index is 0.222. The molecule has 3 aromatic rings. The van der Waals surface area contributed by atoms with Crippen molar-refractivity contribution in [3.8, 4) is 11.3 Å². The van der Waals surface area contributed by atoms with E-state index in [4.69, 9.17) is 4.74 Å². The average Bonchev–Trinajstić information content (AvgIpc) is 2.69. The summed E-state index contributed by atoms with van der Waals surface area (Å²) in [6.07, 6.45) is 4.61. The number of aryl methyl sites for hydroxylation is 3. The summed E-state index contributed by atoms with van der Waals surface area (Å²) in [6, 6.07) is 16.4. The number of nitrogens with zero attached hydrogens (tertiary/aromatic N) is 2. The van der Waals surface area contributed by atoms with E-state index in [0.29, 0.717) is 24.3 Å². The fourth-order valence-electron chi connectivity index (χ4n) is 3.23. The van der Waals surface area contributed by atoms with E-state index in [2.05, 4.69) is 0 Å². The highest BCUT2D eigenvalue weighted by atomic mass is 19.1. The monoisotopic (exact) mass is 366 g/mol. The summed E-state index contributed by atoms with van der Waals surface area (Å²) in [5.74, 6) is -0.578. The van der Waals surface area contributed by atoms with Crippen molar-refractivity contribution in [3.63, 3.8) is 0 Å². The van der Waals surface area contributed by atoms with Gasteiger partial charge in [0.1, 0.15) is 5.82 Å². The Balaban J connectivity index is 1.80. The second-order valence-corrected chi connectivity index (χ2v) is 6.34. The lowest BCUT2D eigenvalue weighted by Crippen LogP contribution is -2.43. The first-order valence-electron chi connectivity index (χ1n) is 8.92. The zero-order chi connectivity index (χ0) is 19.2. The highest BCUT2D eigenvalue weighted by Crippen LogP contribution is 2.23. The van der Waals surface area contributed by atoms with Gasteiger partial charge in [-0.2, -0.15) is 9.13 Å². The van der Waals surface area contributed by atoms with Gasteiger partial charge in [0.25, 0.3) is 5.69 Å². The van der Waals surface area contributed by atoms with Crippen LogP contribution in [0, 0.1) is 12.7 Å². The number of carbonyl (C=O) groups excluding carboxylic acids is 1. The maximum atomic E-state index is 14.4. The molecule has 0 aliphatic heterocycles. The summed E-state index contributed by atoms with van der Waals surface area (Å²) >= 11 is 0. The molecule has 0 aliphatic carbocycles. The fraction of sp³-hybridized carbons (Fsp3) is 0.227. The summed E-state index contributed by atoms with van der Waals surface area (Å²) in [5, 5.41) is 0. The Hall–Kier alpha value is -3.08. The van der Waals surface area contributed by atoms with Crippen LogP contribution in [0.15, 0.2) is 67.0 Å². The number of hydrogen-bond donors (Lipinski definition) is 0. The number of esters is 1. The Morgan fingerprint density at radius 2 is 1.67 bits per heavy atom. The van der Waals surface area contributed by atoms with Gasteiger partial charge in [0.2, 0.25) is 5.69 Å². The Morgan fingerprint density at radius 3 is 2.41 bits per heavy atom. The number of carbonyl (C=O) groups is 1. The highest BCUT2D eigenvalue weighted by molar-refractivity contribution is 5.85. The number of halogens is 1. The quantitative estimate of drug-likeness (QED) is 0.496. The predicted molar refractivity (Wildman–Crippen MR) is 99.4 cm³/mol. The van der Waals surface area contributed by atoms with E-state index in [-0.39, 0.29) is 11.8 Å². The first-order valence-corrected chi connectivity index (χ1v) is 8.92. The molecule has 0 radical (unpaired) electrons. The van der Waals surface area contributed by atoms with Crippen molar-refractivity contribution in [3.05, 3.63) is 84.1 Å². The Labute approximate surface area is 158 Å². The molecule has 0 atom stereocenters. The van der Waals surface area contributed by atoms with Gasteiger partial charge >= 0.3 is 5.97 Å². The van der Waals surface area contributed by atoms with Crippen molar-refractivity contribution in [1.29, 1.82) is 0 Å². The van der Waals surface area contributed by atoms with E-state index in [1.807, 2.05) is 64.8 Å². The number of ether oxygens (including phenoxy) is 1. The van der Waals surface area contributed by atoms with E-state index in [1.54, 1.807) is 12.1 Å². The third-order valence-electron chi connectivity index (χ3n) is 4.55. The van der Waals surface area contributed by atoms with Gasteiger partial charge < -0.3 is 4.74 Å². The van der Waals surface area contributed by atoms with Crippen LogP contribution in [-0.4, -0.2) is 13.1 Å². The summed E-state index contributed by atoms with van der Waals surface area (Å²) < 4.78 is 23.2. The number of rotatable bonds is 6. The third kappa shape index (κ3) is 4.19. The van der Waals surface area contributed by atoms with Gasteiger partial charge in [0, 0.05) is 24.3 Å². The molecule has 2 aromatic heterocycles. The zero-order valence-electron chi connectivity index (χ0n) is 15.6. The van der Waals surface area contributed by atoms with E-state index >= 15 is 0 Å². The van der Waals surface area contributed by atoms with Crippen LogP contribution >= 0.6 is 0 Å². The van der Waals surface area contributed by atoms with Crippen LogP contribution in [0.2, 0.25) is 0 Å². The van der Waals surface area contributed by atoms with Gasteiger partial charge in [0.05, 0.1) is 19.1 Å². The minimum Gasteiger partial charge on any atom is -0.461 e. The molecule has 0 saturated carbocycles. The molecule has 0 bridgehead atoms. The minimum atomic E-state index is -0.356. The molecule has 4 nitrogen and oxygen atoms in total. The van der Waals surface area contributed by atoms with Gasteiger partial charge in [-0.25, -0.2) is 9.18 Å². The van der Waals surface area contributed by atoms with Crippen LogP contribution in [0.4, 0.5) is 4.39 Å². The lowest BCUT2D eigenvalue weighted by atomic mass is 10.0. The topological polar surface area (TPSA) is 34.1 Å². The van der Waals surface area contributed by atoms with Gasteiger partial charge in [-0.05, 0) is 30.7 Å². The molecule has 0 amide bonds. The Morgan fingerprint density at radius 1 is 0.963 bits per heavy atom. The number of pyridine rings is 2. The summed E-state index contributed by atoms with van der Waals surface area (Å²) in [6.45, 7) is 3.27. The van der Waals surface area contributed by atoms with E-state index in [9.17, 15) is 9.18 Å². The van der Waals surface area contributed by atoms with Crippen molar-refractivity contribution in [2.24, 2.45) is 0 Å². The van der Waals surface area contributed by atoms with E-state index in [1.165, 1.54) is 13.2 Å². The number of hydrogen-bond acceptors (Lipinski definition) is 2. The maximum Gasteiger partial charge on any atom is 0.403 e. The molecular formula is C22H23FN2O2+2. The van der Waals surface area contributed by atoms with Gasteiger partial charge in [-0.1, -0.05) is 12.1 Å². The smallest absolute Gasteiger partial charge is 0.403 e. The molecule has 1 aromatic carbocycles. The first-order chi connectivity index (χ1) is 13.1. The molecule has 3 rings (SSSR count). The standard InChI is InChI=1S/C22H23FN2O2/c1-17-9-7-10-18(23)21(17)19-11-3-5-13-24(19)15-8-16-25-14-6-4-12-20(25)22(26)27-2/h3-7,9-14H,8,15-16H2,1-2H3/q+2. The lowest BCUT2D eigenvalue weighted by Gasteiger charge is -2.07. The summed E-state index contributed by atoms with van der Waals surface area (Å²) in [7, 11) is 1.38. The second kappa shape index (κ2) is 8.54. The van der Waals surface area contributed by atoms with Crippen LogP contribution in [0.3, 0.4) is 0 Å². The van der Waals surface area contributed by atoms with Gasteiger partial charge in [-0.3, -0.25) is 0 Å². The molecule has 0 saturated heterocycles. The van der Waals surface area contributed by atoms with Crippen molar-refractivity contribution in [2.45, 2.75) is 26.4 Å². The van der Waals surface area contributed by atoms with Crippen LogP contribution in [0.1, 0.15) is 22.5 Å². The number of benzene rings is 1. The van der Waals surface area contributed by atoms with Crippen LogP contribution < -0.4 is 9.13 Å². The molecule has 0 unspecified atom stereocenters. The number of methoxy groups -OCH3 is 1. The molecule has 5 heteroatoms. The Bertz CT molecular complexity index is 936. The van der Waals surface area contributed by atoms with Crippen LogP contribution in [0.25, 0.3) is 11.3 Å². The van der Waals surface area contributed by atoms with Gasteiger partial charge in [0.15, 0.2) is 25.5 Å². The fourth-order valence-corrected chi connectivity index (χ4v) is 3.23. The van der Waals surface area contributed by atoms with Crippen molar-refractivity contribution >= 4 is 5.97 Å². The molecule has 138 valence electrons. The van der Waals surface area contributed by atoms with Crippen molar-refractivity contribution in [2.75, 3.05) is 7.11 Å². The molecular weight excluding hydrogens is 343 g/mol. The number of aromatic nitrogens is 2.